The molecule has 3 N–H and O–H groups in total. The summed E-state index contributed by atoms with van der Waals surface area (Å²) in [6.07, 6.45) is -0.740. The molecular formula is C14H22FN3O2. The third-order valence-corrected chi connectivity index (χ3v) is 3.16. The summed E-state index contributed by atoms with van der Waals surface area (Å²) in [7, 11) is 3.22. The summed E-state index contributed by atoms with van der Waals surface area (Å²) in [5.41, 5.74) is 6.26. The van der Waals surface area contributed by atoms with E-state index >= 15 is 0 Å². The first-order valence-electron chi connectivity index (χ1n) is 6.46. The molecule has 1 aromatic carbocycles. The van der Waals surface area contributed by atoms with E-state index in [9.17, 15) is 9.18 Å². The number of benzene rings is 1. The molecule has 0 fully saturated rings. The highest BCUT2D eigenvalue weighted by Crippen LogP contribution is 2.23. The van der Waals surface area contributed by atoms with Gasteiger partial charge in [0, 0.05) is 32.4 Å². The number of hydrogen-bond acceptors (Lipinski definition) is 4. The number of methoxy groups -OCH3 is 1. The fourth-order valence-corrected chi connectivity index (χ4v) is 1.68. The standard InChI is InChI=1S/C14H22FN3O2/c1-9(2)18(3)12-6-5-10(7-11(12)15)17-14(19)13(8-16)20-4/h5-7,9,13H,8,16H2,1-4H3,(H,17,19). The molecule has 5 nitrogen and oxygen atoms in total. The van der Waals surface area contributed by atoms with E-state index in [1.165, 1.54) is 13.2 Å². The normalized spacial score (nSPS) is 12.3. The summed E-state index contributed by atoms with van der Waals surface area (Å²) in [6, 6.07) is 4.75. The van der Waals surface area contributed by atoms with Gasteiger partial charge in [0.15, 0.2) is 0 Å². The first-order valence-corrected chi connectivity index (χ1v) is 6.46. The highest BCUT2D eigenvalue weighted by molar-refractivity contribution is 5.94. The van der Waals surface area contributed by atoms with Crippen LogP contribution in [0.25, 0.3) is 0 Å². The third kappa shape index (κ3) is 3.91. The number of rotatable bonds is 6. The van der Waals surface area contributed by atoms with Crippen molar-refractivity contribution in [2.24, 2.45) is 5.73 Å². The lowest BCUT2D eigenvalue weighted by Gasteiger charge is -2.24. The molecule has 0 aliphatic rings. The number of nitrogens with zero attached hydrogens (tertiary/aromatic N) is 1. The number of nitrogens with one attached hydrogen (secondary N) is 1. The predicted octanol–water partition coefficient (Wildman–Crippen LogP) is 1.58. The van der Waals surface area contributed by atoms with Gasteiger partial charge in [0.05, 0.1) is 5.69 Å². The Labute approximate surface area is 118 Å². The maximum absolute atomic E-state index is 14.0. The zero-order valence-corrected chi connectivity index (χ0v) is 12.3. The van der Waals surface area contributed by atoms with Gasteiger partial charge < -0.3 is 20.7 Å². The van der Waals surface area contributed by atoms with E-state index in [4.69, 9.17) is 10.5 Å². The van der Waals surface area contributed by atoms with Crippen molar-refractivity contribution in [2.75, 3.05) is 30.9 Å². The number of amides is 1. The predicted molar refractivity (Wildman–Crippen MR) is 78.4 cm³/mol. The van der Waals surface area contributed by atoms with Crippen LogP contribution >= 0.6 is 0 Å². The largest absolute Gasteiger partial charge is 0.370 e. The van der Waals surface area contributed by atoms with Gasteiger partial charge in [-0.05, 0) is 32.0 Å². The highest BCUT2D eigenvalue weighted by Gasteiger charge is 2.17. The van der Waals surface area contributed by atoms with Crippen molar-refractivity contribution in [3.63, 3.8) is 0 Å². The van der Waals surface area contributed by atoms with E-state index in [2.05, 4.69) is 5.32 Å². The molecule has 0 saturated heterocycles. The van der Waals surface area contributed by atoms with Gasteiger partial charge >= 0.3 is 0 Å². The molecule has 0 heterocycles. The van der Waals surface area contributed by atoms with Gasteiger partial charge in [0.1, 0.15) is 11.9 Å². The van der Waals surface area contributed by atoms with Crippen molar-refractivity contribution >= 4 is 17.3 Å². The molecule has 0 aliphatic carbocycles. The third-order valence-electron chi connectivity index (χ3n) is 3.16. The van der Waals surface area contributed by atoms with Crippen molar-refractivity contribution in [1.29, 1.82) is 0 Å². The average Bonchev–Trinajstić information content (AvgIpc) is 2.39. The molecule has 0 aromatic heterocycles. The van der Waals surface area contributed by atoms with E-state index in [0.29, 0.717) is 11.4 Å². The monoisotopic (exact) mass is 283 g/mol. The molecule has 0 radical (unpaired) electrons. The number of nitrogens with two attached hydrogens (primary N) is 1. The molecule has 1 aromatic rings. The maximum atomic E-state index is 14.0. The second kappa shape index (κ2) is 7.21. The summed E-state index contributed by atoms with van der Waals surface area (Å²) in [6.45, 7) is 4.01. The SMILES string of the molecule is COC(CN)C(=O)Nc1ccc(N(C)C(C)C)c(F)c1. The number of anilines is 2. The molecule has 1 atom stereocenters. The van der Waals surface area contributed by atoms with Crippen molar-refractivity contribution in [3.05, 3.63) is 24.0 Å². The zero-order chi connectivity index (χ0) is 15.3. The first-order chi connectivity index (χ1) is 9.40. The Morgan fingerprint density at radius 3 is 2.60 bits per heavy atom. The van der Waals surface area contributed by atoms with Gasteiger partial charge in [-0.15, -0.1) is 0 Å². The maximum Gasteiger partial charge on any atom is 0.254 e. The van der Waals surface area contributed by atoms with Crippen molar-refractivity contribution in [2.45, 2.75) is 26.0 Å². The van der Waals surface area contributed by atoms with Crippen molar-refractivity contribution in [3.8, 4) is 0 Å². The second-order valence-electron chi connectivity index (χ2n) is 4.82. The number of hydrogen-bond donors (Lipinski definition) is 2. The van der Waals surface area contributed by atoms with E-state index in [0.717, 1.165) is 0 Å². The second-order valence-corrected chi connectivity index (χ2v) is 4.82. The average molecular weight is 283 g/mol. The van der Waals surface area contributed by atoms with E-state index in [-0.39, 0.29) is 24.3 Å². The molecule has 0 saturated carbocycles. The molecule has 1 unspecified atom stereocenters. The molecule has 0 bridgehead atoms. The van der Waals surface area contributed by atoms with E-state index in [1.807, 2.05) is 25.8 Å². The molecule has 20 heavy (non-hydrogen) atoms. The van der Waals surface area contributed by atoms with Crippen LogP contribution in [0.15, 0.2) is 18.2 Å². The molecule has 0 spiro atoms. The Morgan fingerprint density at radius 1 is 1.50 bits per heavy atom. The number of carbonyl (C=O) groups excluding carboxylic acids is 1. The van der Waals surface area contributed by atoms with Crippen LogP contribution < -0.4 is 16.0 Å². The molecular weight excluding hydrogens is 261 g/mol. The van der Waals surface area contributed by atoms with Crippen LogP contribution in [0.4, 0.5) is 15.8 Å². The molecule has 6 heteroatoms. The number of carbonyl (C=O) groups is 1. The molecule has 112 valence electrons. The van der Waals surface area contributed by atoms with Crippen LogP contribution in [0.5, 0.6) is 0 Å². The summed E-state index contributed by atoms with van der Waals surface area (Å²) in [5, 5.41) is 2.58. The van der Waals surface area contributed by atoms with Crippen molar-refractivity contribution in [1.82, 2.24) is 0 Å². The highest BCUT2D eigenvalue weighted by atomic mass is 19.1. The fourth-order valence-electron chi connectivity index (χ4n) is 1.68. The summed E-state index contributed by atoms with van der Waals surface area (Å²) in [5.74, 6) is -0.778. The van der Waals surface area contributed by atoms with Gasteiger partial charge in [0.2, 0.25) is 0 Å². The Balaban J connectivity index is 2.85. The van der Waals surface area contributed by atoms with Crippen LogP contribution in [0.2, 0.25) is 0 Å². The van der Waals surface area contributed by atoms with E-state index in [1.54, 1.807) is 12.1 Å². The molecule has 1 rings (SSSR count). The summed E-state index contributed by atoms with van der Waals surface area (Å²) in [4.78, 5) is 13.6. The van der Waals surface area contributed by atoms with E-state index < -0.39 is 6.10 Å². The smallest absolute Gasteiger partial charge is 0.254 e. The van der Waals surface area contributed by atoms with Gasteiger partial charge in [-0.2, -0.15) is 0 Å². The zero-order valence-electron chi connectivity index (χ0n) is 12.3. The lowest BCUT2D eigenvalue weighted by molar-refractivity contribution is -0.125. The van der Waals surface area contributed by atoms with Crippen LogP contribution in [0.3, 0.4) is 0 Å². The van der Waals surface area contributed by atoms with Crippen LogP contribution in [0.1, 0.15) is 13.8 Å². The topological polar surface area (TPSA) is 67.6 Å². The van der Waals surface area contributed by atoms with Gasteiger partial charge in [-0.3, -0.25) is 4.79 Å². The Kier molecular flexibility index (Phi) is 5.91. The van der Waals surface area contributed by atoms with Crippen LogP contribution in [-0.4, -0.2) is 38.8 Å². The van der Waals surface area contributed by atoms with Gasteiger partial charge in [-0.25, -0.2) is 4.39 Å². The van der Waals surface area contributed by atoms with Crippen molar-refractivity contribution < 1.29 is 13.9 Å². The number of halogens is 1. The Hall–Kier alpha value is -1.66. The lowest BCUT2D eigenvalue weighted by Crippen LogP contribution is -2.36. The fraction of sp³-hybridized carbons (Fsp3) is 0.500. The molecule has 0 aliphatic heterocycles. The summed E-state index contributed by atoms with van der Waals surface area (Å²) >= 11 is 0. The number of ether oxygens (including phenoxy) is 1. The summed E-state index contributed by atoms with van der Waals surface area (Å²) < 4.78 is 18.9. The lowest BCUT2D eigenvalue weighted by atomic mass is 10.2. The van der Waals surface area contributed by atoms with Crippen LogP contribution in [-0.2, 0) is 9.53 Å². The van der Waals surface area contributed by atoms with Crippen LogP contribution in [0, 0.1) is 5.82 Å². The quantitative estimate of drug-likeness (QED) is 0.832. The Morgan fingerprint density at radius 2 is 2.15 bits per heavy atom. The van der Waals surface area contributed by atoms with Gasteiger partial charge in [-0.1, -0.05) is 0 Å². The Bertz CT molecular complexity index is 462. The minimum atomic E-state index is -0.740. The molecule has 1 amide bonds. The first kappa shape index (κ1) is 16.4. The van der Waals surface area contributed by atoms with Gasteiger partial charge in [0.25, 0.3) is 5.91 Å². The minimum absolute atomic E-state index is 0.0684. The minimum Gasteiger partial charge on any atom is -0.370 e.